The third-order valence-corrected chi connectivity index (χ3v) is 6.47. The van der Waals surface area contributed by atoms with Gasteiger partial charge in [-0.2, -0.15) is 5.10 Å². The normalized spacial score (nSPS) is 19.8. The lowest BCUT2D eigenvalue weighted by molar-refractivity contribution is 0.0671. The van der Waals surface area contributed by atoms with Gasteiger partial charge < -0.3 is 13.8 Å². The molecule has 1 atom stereocenters. The molecule has 1 aliphatic carbocycles. The van der Waals surface area contributed by atoms with Gasteiger partial charge in [0.25, 0.3) is 5.91 Å². The number of hydrogen-bond donors (Lipinski definition) is 0. The summed E-state index contributed by atoms with van der Waals surface area (Å²) in [7, 11) is 0. The molecule has 0 bridgehead atoms. The van der Waals surface area contributed by atoms with Crippen LogP contribution in [0.3, 0.4) is 0 Å². The summed E-state index contributed by atoms with van der Waals surface area (Å²) in [6.07, 6.45) is 8.34. The van der Waals surface area contributed by atoms with E-state index in [2.05, 4.69) is 17.2 Å². The summed E-state index contributed by atoms with van der Waals surface area (Å²) in [5.41, 5.74) is 2.47. The molecule has 2 aliphatic rings. The van der Waals surface area contributed by atoms with E-state index in [1.165, 1.54) is 12.0 Å². The zero-order valence-electron chi connectivity index (χ0n) is 17.0. The van der Waals surface area contributed by atoms with Crippen molar-refractivity contribution in [1.29, 1.82) is 0 Å². The Balaban J connectivity index is 1.21. The van der Waals surface area contributed by atoms with Gasteiger partial charge in [0.1, 0.15) is 11.5 Å². The minimum atomic E-state index is -0.0635. The number of hydrogen-bond acceptors (Lipinski definition) is 5. The molecule has 30 heavy (non-hydrogen) atoms. The molecule has 1 saturated heterocycles. The fourth-order valence-corrected chi connectivity index (χ4v) is 4.75. The Morgan fingerprint density at radius 1 is 1.27 bits per heavy atom. The molecule has 3 aromatic heterocycles. The largest absolute Gasteiger partial charge is 0.454 e. The zero-order chi connectivity index (χ0) is 20.7. The number of aryl methyl sites for hydroxylation is 1. The van der Waals surface area contributed by atoms with E-state index in [1.807, 2.05) is 11.0 Å². The van der Waals surface area contributed by atoms with Crippen LogP contribution in [0.4, 0.5) is 0 Å². The van der Waals surface area contributed by atoms with E-state index in [4.69, 9.17) is 20.5 Å². The summed E-state index contributed by atoms with van der Waals surface area (Å²) in [5, 5.41) is 9.03. The van der Waals surface area contributed by atoms with E-state index in [1.54, 1.807) is 23.1 Å². The van der Waals surface area contributed by atoms with Crippen molar-refractivity contribution < 1.29 is 13.7 Å². The maximum absolute atomic E-state index is 12.9. The van der Waals surface area contributed by atoms with E-state index in [9.17, 15) is 4.79 Å². The van der Waals surface area contributed by atoms with Gasteiger partial charge in [0.2, 0.25) is 0 Å². The summed E-state index contributed by atoms with van der Waals surface area (Å²) in [6, 6.07) is 3.56. The second-order valence-electron chi connectivity index (χ2n) is 8.51. The van der Waals surface area contributed by atoms with Crippen molar-refractivity contribution in [3.05, 3.63) is 58.1 Å². The SMILES string of the molecule is C[C@H]1CCc2noc(C3CCN(C(=O)c4ccc(Cn5cc(Cl)cn5)o4)CC3)c2C1. The molecule has 3 aromatic rings. The molecule has 0 unspecified atom stereocenters. The molecule has 0 radical (unpaired) electrons. The van der Waals surface area contributed by atoms with Crippen LogP contribution in [-0.4, -0.2) is 38.8 Å². The number of likely N-dealkylation sites (tertiary alicyclic amines) is 1. The van der Waals surface area contributed by atoms with Crippen LogP contribution >= 0.6 is 11.6 Å². The Hall–Kier alpha value is -2.54. The first-order chi connectivity index (χ1) is 14.6. The predicted molar refractivity (Wildman–Crippen MR) is 111 cm³/mol. The first-order valence-corrected chi connectivity index (χ1v) is 11.0. The molecular weight excluding hydrogens is 404 g/mol. The molecule has 0 spiro atoms. The van der Waals surface area contributed by atoms with Crippen molar-refractivity contribution in [3.8, 4) is 0 Å². The molecule has 1 amide bonds. The van der Waals surface area contributed by atoms with Crippen molar-refractivity contribution in [1.82, 2.24) is 19.8 Å². The zero-order valence-corrected chi connectivity index (χ0v) is 17.8. The van der Waals surface area contributed by atoms with Gasteiger partial charge in [-0.1, -0.05) is 23.7 Å². The minimum Gasteiger partial charge on any atom is -0.454 e. The van der Waals surface area contributed by atoms with Crippen LogP contribution in [0.5, 0.6) is 0 Å². The van der Waals surface area contributed by atoms with Crippen LogP contribution in [-0.2, 0) is 19.4 Å². The van der Waals surface area contributed by atoms with E-state index in [-0.39, 0.29) is 5.91 Å². The Bertz CT molecular complexity index is 1040. The summed E-state index contributed by atoms with van der Waals surface area (Å²) >= 11 is 5.89. The number of amides is 1. The van der Waals surface area contributed by atoms with Crippen molar-refractivity contribution in [3.63, 3.8) is 0 Å². The number of halogens is 1. The molecule has 1 fully saturated rings. The lowest BCUT2D eigenvalue weighted by Gasteiger charge is -2.31. The number of carbonyl (C=O) groups excluding carboxylic acids is 1. The monoisotopic (exact) mass is 428 g/mol. The topological polar surface area (TPSA) is 77.3 Å². The van der Waals surface area contributed by atoms with Gasteiger partial charge in [-0.15, -0.1) is 0 Å². The van der Waals surface area contributed by atoms with Gasteiger partial charge >= 0.3 is 0 Å². The summed E-state index contributed by atoms with van der Waals surface area (Å²) in [5.74, 6) is 3.06. The first-order valence-electron chi connectivity index (χ1n) is 10.6. The molecular formula is C22H25ClN4O3. The third-order valence-electron chi connectivity index (χ3n) is 6.27. The number of aromatic nitrogens is 3. The second kappa shape index (κ2) is 7.95. The van der Waals surface area contributed by atoms with Gasteiger partial charge in [0, 0.05) is 30.8 Å². The molecule has 7 nitrogen and oxygen atoms in total. The highest BCUT2D eigenvalue weighted by molar-refractivity contribution is 6.30. The fraction of sp³-hybridized carbons (Fsp3) is 0.500. The van der Waals surface area contributed by atoms with Crippen LogP contribution < -0.4 is 0 Å². The van der Waals surface area contributed by atoms with E-state index in [0.29, 0.717) is 48.0 Å². The van der Waals surface area contributed by atoms with Crippen LogP contribution in [0.1, 0.15) is 65.4 Å². The predicted octanol–water partition coefficient (Wildman–Crippen LogP) is 4.31. The van der Waals surface area contributed by atoms with Gasteiger partial charge in [-0.25, -0.2) is 0 Å². The maximum atomic E-state index is 12.9. The number of furan rings is 1. The highest BCUT2D eigenvalue weighted by Crippen LogP contribution is 2.36. The van der Waals surface area contributed by atoms with Crippen molar-refractivity contribution in [2.24, 2.45) is 5.92 Å². The van der Waals surface area contributed by atoms with Gasteiger partial charge in [-0.3, -0.25) is 9.48 Å². The molecule has 1 aliphatic heterocycles. The lowest BCUT2D eigenvalue weighted by atomic mass is 9.83. The van der Waals surface area contributed by atoms with Crippen LogP contribution in [0.2, 0.25) is 5.02 Å². The van der Waals surface area contributed by atoms with Crippen molar-refractivity contribution in [2.45, 2.75) is 51.5 Å². The van der Waals surface area contributed by atoms with Crippen LogP contribution in [0.25, 0.3) is 0 Å². The average molecular weight is 429 g/mol. The highest BCUT2D eigenvalue weighted by atomic mass is 35.5. The Morgan fingerprint density at radius 2 is 2.10 bits per heavy atom. The van der Waals surface area contributed by atoms with Crippen molar-refractivity contribution in [2.75, 3.05) is 13.1 Å². The van der Waals surface area contributed by atoms with E-state index >= 15 is 0 Å². The molecule has 0 N–H and O–H groups in total. The molecule has 0 saturated carbocycles. The summed E-state index contributed by atoms with van der Waals surface area (Å²) in [4.78, 5) is 14.8. The van der Waals surface area contributed by atoms with Gasteiger partial charge in [-0.05, 0) is 50.2 Å². The summed E-state index contributed by atoms with van der Waals surface area (Å²) < 4.78 is 13.2. The van der Waals surface area contributed by atoms with E-state index in [0.717, 1.165) is 37.1 Å². The van der Waals surface area contributed by atoms with Crippen LogP contribution in [0.15, 0.2) is 33.5 Å². The van der Waals surface area contributed by atoms with Gasteiger partial charge in [0.15, 0.2) is 5.76 Å². The quantitative estimate of drug-likeness (QED) is 0.618. The Morgan fingerprint density at radius 3 is 2.87 bits per heavy atom. The average Bonchev–Trinajstić information content (AvgIpc) is 3.48. The number of rotatable bonds is 4. The molecule has 5 rings (SSSR count). The second-order valence-corrected chi connectivity index (χ2v) is 8.95. The molecule has 158 valence electrons. The molecule has 8 heteroatoms. The van der Waals surface area contributed by atoms with Gasteiger partial charge in [0.05, 0.1) is 23.5 Å². The maximum Gasteiger partial charge on any atom is 0.289 e. The number of nitrogens with zero attached hydrogens (tertiary/aromatic N) is 4. The highest BCUT2D eigenvalue weighted by Gasteiger charge is 2.32. The summed E-state index contributed by atoms with van der Waals surface area (Å²) in [6.45, 7) is 4.12. The number of carbonyl (C=O) groups is 1. The fourth-order valence-electron chi connectivity index (χ4n) is 4.59. The molecule has 4 heterocycles. The van der Waals surface area contributed by atoms with E-state index < -0.39 is 0 Å². The number of piperidine rings is 1. The van der Waals surface area contributed by atoms with Crippen LogP contribution in [0, 0.1) is 5.92 Å². The Labute approximate surface area is 180 Å². The smallest absolute Gasteiger partial charge is 0.289 e. The first kappa shape index (κ1) is 19.4. The minimum absolute atomic E-state index is 0.0635. The lowest BCUT2D eigenvalue weighted by Crippen LogP contribution is -2.37. The van der Waals surface area contributed by atoms with Crippen molar-refractivity contribution >= 4 is 17.5 Å². The molecule has 0 aromatic carbocycles. The Kier molecular flexibility index (Phi) is 5.15. The standard InChI is InChI=1S/C22H25ClN4O3/c1-14-2-4-19-18(10-14)21(30-25-19)15-6-8-26(9-7-15)22(28)20-5-3-17(29-20)13-27-12-16(23)11-24-27/h3,5,11-12,14-15H,2,4,6-10,13H2,1H3/t14-/m0/s1. The third kappa shape index (κ3) is 3.78. The number of fused-ring (bicyclic) bond motifs is 1.